The number of benzene rings is 1. The second kappa shape index (κ2) is 5.79. The number of ether oxygens (including phenoxy) is 3. The molecule has 1 heterocycles. The minimum atomic E-state index is -0.569. The molecule has 6 nitrogen and oxygen atoms in total. The third kappa shape index (κ3) is 2.90. The quantitative estimate of drug-likeness (QED) is 0.819. The summed E-state index contributed by atoms with van der Waals surface area (Å²) in [7, 11) is 3.42. The van der Waals surface area contributed by atoms with Crippen molar-refractivity contribution in [2.75, 3.05) is 20.9 Å². The molecule has 1 aliphatic heterocycles. The predicted octanol–water partition coefficient (Wildman–Crippen LogP) is 0.648. The fraction of sp³-hybridized carbons (Fsp3) is 0.462. The molecule has 104 valence electrons. The van der Waals surface area contributed by atoms with Gasteiger partial charge < -0.3 is 24.8 Å². The van der Waals surface area contributed by atoms with Gasteiger partial charge >= 0.3 is 0 Å². The number of fused-ring (bicyclic) bond motifs is 1. The van der Waals surface area contributed by atoms with Crippen molar-refractivity contribution in [1.82, 2.24) is 10.6 Å². The summed E-state index contributed by atoms with van der Waals surface area (Å²) in [5, 5.41) is 5.61. The number of amides is 1. The van der Waals surface area contributed by atoms with E-state index in [1.807, 2.05) is 13.1 Å². The molecule has 1 amide bonds. The monoisotopic (exact) mass is 266 g/mol. The summed E-state index contributed by atoms with van der Waals surface area (Å²) in [6.07, 6.45) is -0.569. The van der Waals surface area contributed by atoms with Crippen molar-refractivity contribution in [2.24, 2.45) is 0 Å². The van der Waals surface area contributed by atoms with Gasteiger partial charge in [-0.1, -0.05) is 0 Å². The highest BCUT2D eigenvalue weighted by Crippen LogP contribution is 2.38. The van der Waals surface area contributed by atoms with Crippen LogP contribution in [-0.4, -0.2) is 32.9 Å². The highest BCUT2D eigenvalue weighted by molar-refractivity contribution is 5.80. The summed E-state index contributed by atoms with van der Waals surface area (Å²) in [5.41, 5.74) is 0.919. The Morgan fingerprint density at radius 1 is 1.37 bits per heavy atom. The van der Waals surface area contributed by atoms with E-state index in [1.165, 1.54) is 0 Å². The van der Waals surface area contributed by atoms with E-state index in [4.69, 9.17) is 14.2 Å². The van der Waals surface area contributed by atoms with Crippen LogP contribution in [0.3, 0.4) is 0 Å². The van der Waals surface area contributed by atoms with Gasteiger partial charge in [-0.2, -0.15) is 0 Å². The van der Waals surface area contributed by atoms with Gasteiger partial charge in [-0.05, 0) is 20.0 Å². The average molecular weight is 266 g/mol. The van der Waals surface area contributed by atoms with Gasteiger partial charge in [0.2, 0.25) is 6.79 Å². The second-order valence-corrected chi connectivity index (χ2v) is 4.22. The van der Waals surface area contributed by atoms with Gasteiger partial charge in [-0.3, -0.25) is 4.79 Å². The maximum atomic E-state index is 11.5. The van der Waals surface area contributed by atoms with E-state index >= 15 is 0 Å². The van der Waals surface area contributed by atoms with Crippen LogP contribution in [0.15, 0.2) is 12.1 Å². The molecule has 2 N–H and O–H groups in total. The van der Waals surface area contributed by atoms with Crippen molar-refractivity contribution in [1.29, 1.82) is 0 Å². The normalized spacial score (nSPS) is 14.1. The van der Waals surface area contributed by atoms with Gasteiger partial charge in [0.15, 0.2) is 17.6 Å². The molecular formula is C13H18N2O4. The first-order valence-electron chi connectivity index (χ1n) is 6.11. The highest BCUT2D eigenvalue weighted by Gasteiger charge is 2.20. The second-order valence-electron chi connectivity index (χ2n) is 4.22. The molecule has 1 aromatic carbocycles. The maximum Gasteiger partial charge on any atom is 0.260 e. The van der Waals surface area contributed by atoms with Crippen LogP contribution in [0.4, 0.5) is 0 Å². The molecule has 0 aliphatic carbocycles. The van der Waals surface area contributed by atoms with E-state index in [-0.39, 0.29) is 12.7 Å². The zero-order valence-electron chi connectivity index (χ0n) is 11.3. The third-order valence-corrected chi connectivity index (χ3v) is 2.84. The fourth-order valence-electron chi connectivity index (χ4n) is 1.85. The van der Waals surface area contributed by atoms with Gasteiger partial charge in [0.25, 0.3) is 5.91 Å². The van der Waals surface area contributed by atoms with Crippen LogP contribution < -0.4 is 24.8 Å². The smallest absolute Gasteiger partial charge is 0.260 e. The molecule has 0 bridgehead atoms. The molecule has 0 fully saturated rings. The van der Waals surface area contributed by atoms with Crippen LogP contribution in [0, 0.1) is 0 Å². The first kappa shape index (κ1) is 13.5. The van der Waals surface area contributed by atoms with E-state index < -0.39 is 6.10 Å². The minimum Gasteiger partial charge on any atom is -0.480 e. The Morgan fingerprint density at radius 3 is 2.68 bits per heavy atom. The molecule has 1 atom stereocenters. The molecule has 0 saturated carbocycles. The molecule has 1 aliphatic rings. The molecular weight excluding hydrogens is 248 g/mol. The van der Waals surface area contributed by atoms with E-state index in [1.54, 1.807) is 20.0 Å². The van der Waals surface area contributed by atoms with E-state index in [9.17, 15) is 4.79 Å². The SMILES string of the molecule is CNCc1cc2c(cc1OC(C)C(=O)NC)OCO2. The Bertz CT molecular complexity index is 476. The van der Waals surface area contributed by atoms with Crippen molar-refractivity contribution in [3.63, 3.8) is 0 Å². The number of carbonyl (C=O) groups excluding carboxylic acids is 1. The van der Waals surface area contributed by atoms with Crippen molar-refractivity contribution >= 4 is 5.91 Å². The Hall–Kier alpha value is -1.95. The number of hydrogen-bond donors (Lipinski definition) is 2. The summed E-state index contributed by atoms with van der Waals surface area (Å²) in [6.45, 7) is 2.53. The van der Waals surface area contributed by atoms with Gasteiger partial charge in [0, 0.05) is 25.2 Å². The van der Waals surface area contributed by atoms with E-state index in [0.717, 1.165) is 5.56 Å². The van der Waals surface area contributed by atoms with Crippen molar-refractivity contribution in [2.45, 2.75) is 19.6 Å². The lowest BCUT2D eigenvalue weighted by molar-refractivity contribution is -0.126. The van der Waals surface area contributed by atoms with Crippen LogP contribution in [0.25, 0.3) is 0 Å². The summed E-state index contributed by atoms with van der Waals surface area (Å²) in [5.74, 6) is 1.78. The molecule has 6 heteroatoms. The topological polar surface area (TPSA) is 68.8 Å². The first-order chi connectivity index (χ1) is 9.15. The Labute approximate surface area is 112 Å². The lowest BCUT2D eigenvalue weighted by atomic mass is 10.1. The molecule has 0 radical (unpaired) electrons. The lowest BCUT2D eigenvalue weighted by Gasteiger charge is -2.17. The molecule has 0 spiro atoms. The van der Waals surface area contributed by atoms with Crippen molar-refractivity contribution in [3.8, 4) is 17.2 Å². The number of carbonyl (C=O) groups is 1. The minimum absolute atomic E-state index is 0.173. The number of nitrogens with one attached hydrogen (secondary N) is 2. The predicted molar refractivity (Wildman–Crippen MR) is 69.5 cm³/mol. The molecule has 0 saturated heterocycles. The zero-order chi connectivity index (χ0) is 13.8. The van der Waals surface area contributed by atoms with E-state index in [2.05, 4.69) is 10.6 Å². The van der Waals surface area contributed by atoms with Gasteiger partial charge in [0.05, 0.1) is 0 Å². The molecule has 1 aromatic rings. The Morgan fingerprint density at radius 2 is 2.05 bits per heavy atom. The zero-order valence-corrected chi connectivity index (χ0v) is 11.3. The van der Waals surface area contributed by atoms with Gasteiger partial charge in [-0.15, -0.1) is 0 Å². The molecule has 1 unspecified atom stereocenters. The summed E-state index contributed by atoms with van der Waals surface area (Å²) in [4.78, 5) is 11.5. The summed E-state index contributed by atoms with van der Waals surface area (Å²) < 4.78 is 16.3. The maximum absolute atomic E-state index is 11.5. The van der Waals surface area contributed by atoms with Crippen LogP contribution in [-0.2, 0) is 11.3 Å². The molecule has 19 heavy (non-hydrogen) atoms. The summed E-state index contributed by atoms with van der Waals surface area (Å²) in [6, 6.07) is 3.62. The standard InChI is InChI=1S/C13H18N2O4/c1-8(13(16)15-3)19-10-5-12-11(17-7-18-12)4-9(10)6-14-2/h4-5,8,14H,6-7H2,1-3H3,(H,15,16). The first-order valence-corrected chi connectivity index (χ1v) is 6.11. The van der Waals surface area contributed by atoms with Crippen LogP contribution in [0.2, 0.25) is 0 Å². The number of hydrogen-bond acceptors (Lipinski definition) is 5. The average Bonchev–Trinajstić information content (AvgIpc) is 2.85. The van der Waals surface area contributed by atoms with Gasteiger partial charge in [0.1, 0.15) is 5.75 Å². The van der Waals surface area contributed by atoms with Gasteiger partial charge in [-0.25, -0.2) is 0 Å². The molecule has 0 aromatic heterocycles. The summed E-state index contributed by atoms with van der Waals surface area (Å²) >= 11 is 0. The van der Waals surface area contributed by atoms with Crippen LogP contribution in [0.5, 0.6) is 17.2 Å². The van der Waals surface area contributed by atoms with Crippen molar-refractivity contribution < 1.29 is 19.0 Å². The molecule has 2 rings (SSSR count). The van der Waals surface area contributed by atoms with E-state index in [0.29, 0.717) is 23.8 Å². The Kier molecular flexibility index (Phi) is 4.11. The Balaban J connectivity index is 2.24. The fourth-order valence-corrected chi connectivity index (χ4v) is 1.85. The number of rotatable bonds is 5. The highest BCUT2D eigenvalue weighted by atomic mass is 16.7. The number of likely N-dealkylation sites (N-methyl/N-ethyl adjacent to an activating group) is 1. The van der Waals surface area contributed by atoms with Crippen LogP contribution >= 0.6 is 0 Å². The van der Waals surface area contributed by atoms with Crippen LogP contribution in [0.1, 0.15) is 12.5 Å². The van der Waals surface area contributed by atoms with Crippen molar-refractivity contribution in [3.05, 3.63) is 17.7 Å². The largest absolute Gasteiger partial charge is 0.480 e. The lowest BCUT2D eigenvalue weighted by Crippen LogP contribution is -2.34. The third-order valence-electron chi connectivity index (χ3n) is 2.84.